The highest BCUT2D eigenvalue weighted by Gasteiger charge is 2.34. The van der Waals surface area contributed by atoms with E-state index in [1.165, 1.54) is 0 Å². The van der Waals surface area contributed by atoms with E-state index in [9.17, 15) is 4.79 Å². The van der Waals surface area contributed by atoms with Gasteiger partial charge < -0.3 is 14.2 Å². The number of carbonyl (C=O) groups is 1. The number of halogens is 1. The van der Waals surface area contributed by atoms with Crippen molar-refractivity contribution in [2.45, 2.75) is 25.4 Å². The van der Waals surface area contributed by atoms with Crippen molar-refractivity contribution in [2.75, 3.05) is 13.7 Å². The number of hydrogen-bond acceptors (Lipinski definition) is 3. The van der Waals surface area contributed by atoms with Crippen LogP contribution in [0.2, 0.25) is 5.02 Å². The summed E-state index contributed by atoms with van der Waals surface area (Å²) in [6.07, 6.45) is 0.460. The molecule has 32 heavy (non-hydrogen) atoms. The Morgan fingerprint density at radius 1 is 1.00 bits per heavy atom. The lowest BCUT2D eigenvalue weighted by molar-refractivity contribution is -0.128. The number of fused-ring (bicyclic) bond motifs is 1. The Labute approximate surface area is 192 Å². The molecular weight excluding hydrogens is 422 g/mol. The summed E-state index contributed by atoms with van der Waals surface area (Å²) >= 11 is 6.46. The van der Waals surface area contributed by atoms with Crippen molar-refractivity contribution in [3.8, 4) is 5.75 Å². The average molecular weight is 446 g/mol. The zero-order chi connectivity index (χ0) is 22.1. The molecule has 6 heteroatoms. The lowest BCUT2D eigenvalue weighted by Gasteiger charge is -2.18. The van der Waals surface area contributed by atoms with Crippen LogP contribution in [0.5, 0.6) is 5.75 Å². The highest BCUT2D eigenvalue weighted by molar-refractivity contribution is 6.31. The maximum atomic E-state index is 12.9. The van der Waals surface area contributed by atoms with Gasteiger partial charge in [0.15, 0.2) is 0 Å². The summed E-state index contributed by atoms with van der Waals surface area (Å²) < 4.78 is 7.45. The molecule has 5 rings (SSSR count). The molecule has 1 unspecified atom stereocenters. The predicted octanol–water partition coefficient (Wildman–Crippen LogP) is 5.26. The Hall–Kier alpha value is -3.31. The van der Waals surface area contributed by atoms with Crippen molar-refractivity contribution in [1.82, 2.24) is 14.5 Å². The smallest absolute Gasteiger partial charge is 0.223 e. The van der Waals surface area contributed by atoms with Crippen LogP contribution < -0.4 is 4.74 Å². The first-order valence-corrected chi connectivity index (χ1v) is 11.1. The summed E-state index contributed by atoms with van der Waals surface area (Å²) in [7, 11) is 1.65. The van der Waals surface area contributed by atoms with Crippen LogP contribution in [-0.2, 0) is 17.9 Å². The number of amides is 1. The number of aromatic nitrogens is 2. The van der Waals surface area contributed by atoms with Gasteiger partial charge in [-0.05, 0) is 41.5 Å². The lowest BCUT2D eigenvalue weighted by atomic mass is 10.1. The number of likely N-dealkylation sites (tertiary alicyclic amines) is 1. The van der Waals surface area contributed by atoms with E-state index < -0.39 is 0 Å². The van der Waals surface area contributed by atoms with E-state index in [1.54, 1.807) is 7.11 Å². The molecule has 3 aromatic carbocycles. The zero-order valence-electron chi connectivity index (χ0n) is 17.9. The van der Waals surface area contributed by atoms with Gasteiger partial charge in [0.1, 0.15) is 11.6 Å². The molecule has 0 bridgehead atoms. The standard InChI is InChI=1S/C26H24ClN3O2/c1-32-21-12-10-18(11-13-21)15-29-16-20(14-25(29)31)26-28-23-8-4-5-9-24(23)30(26)17-19-6-2-3-7-22(19)27/h2-13,20H,14-17H2,1H3. The molecule has 1 fully saturated rings. The first kappa shape index (κ1) is 20.6. The van der Waals surface area contributed by atoms with Crippen LogP contribution in [0.4, 0.5) is 0 Å². The van der Waals surface area contributed by atoms with E-state index in [1.807, 2.05) is 71.6 Å². The normalized spacial score (nSPS) is 16.1. The van der Waals surface area contributed by atoms with Gasteiger partial charge in [-0.25, -0.2) is 4.98 Å². The summed E-state index contributed by atoms with van der Waals surface area (Å²) in [6.45, 7) is 1.86. The number of methoxy groups -OCH3 is 1. The van der Waals surface area contributed by atoms with Crippen LogP contribution in [0.1, 0.15) is 29.3 Å². The fraction of sp³-hybridized carbons (Fsp3) is 0.231. The van der Waals surface area contributed by atoms with Gasteiger partial charge in [0.05, 0.1) is 24.7 Å². The number of ether oxygens (including phenoxy) is 1. The van der Waals surface area contributed by atoms with Crippen molar-refractivity contribution in [2.24, 2.45) is 0 Å². The summed E-state index contributed by atoms with van der Waals surface area (Å²) in [6, 6.07) is 23.9. The van der Waals surface area contributed by atoms with Crippen LogP contribution in [0.15, 0.2) is 72.8 Å². The number of carbonyl (C=O) groups excluding carboxylic acids is 1. The summed E-state index contributed by atoms with van der Waals surface area (Å²) in [5.74, 6) is 1.95. The summed E-state index contributed by atoms with van der Waals surface area (Å²) in [4.78, 5) is 19.7. The summed E-state index contributed by atoms with van der Waals surface area (Å²) in [5, 5.41) is 0.736. The maximum Gasteiger partial charge on any atom is 0.223 e. The second-order valence-corrected chi connectivity index (χ2v) is 8.57. The van der Waals surface area contributed by atoms with Crippen LogP contribution in [0, 0.1) is 0 Å². The topological polar surface area (TPSA) is 47.4 Å². The van der Waals surface area contributed by atoms with E-state index in [2.05, 4.69) is 10.6 Å². The fourth-order valence-corrected chi connectivity index (χ4v) is 4.61. The number of para-hydroxylation sites is 2. The Bertz CT molecular complexity index is 1270. The number of benzene rings is 3. The number of rotatable bonds is 6. The monoisotopic (exact) mass is 445 g/mol. The Kier molecular flexibility index (Phi) is 5.58. The van der Waals surface area contributed by atoms with Crippen molar-refractivity contribution in [3.05, 3.63) is 94.8 Å². The van der Waals surface area contributed by atoms with Gasteiger partial charge in [-0.15, -0.1) is 0 Å². The third-order valence-electron chi connectivity index (χ3n) is 6.08. The molecule has 0 N–H and O–H groups in total. The molecule has 1 aliphatic rings. The van der Waals surface area contributed by atoms with Gasteiger partial charge in [0, 0.05) is 30.5 Å². The van der Waals surface area contributed by atoms with E-state index >= 15 is 0 Å². The predicted molar refractivity (Wildman–Crippen MR) is 126 cm³/mol. The van der Waals surface area contributed by atoms with Crippen LogP contribution >= 0.6 is 11.6 Å². The minimum Gasteiger partial charge on any atom is -0.497 e. The number of nitrogens with zero attached hydrogens (tertiary/aromatic N) is 3. The van der Waals surface area contributed by atoms with Gasteiger partial charge in [-0.1, -0.05) is 54.1 Å². The SMILES string of the molecule is COc1ccc(CN2CC(c3nc4ccccc4n3Cc3ccccc3Cl)CC2=O)cc1. The molecule has 1 aromatic heterocycles. The van der Waals surface area contributed by atoms with Gasteiger partial charge in [0.25, 0.3) is 0 Å². The van der Waals surface area contributed by atoms with Crippen LogP contribution in [0.25, 0.3) is 11.0 Å². The van der Waals surface area contributed by atoms with Crippen molar-refractivity contribution >= 4 is 28.5 Å². The summed E-state index contributed by atoms with van der Waals surface area (Å²) in [5.41, 5.74) is 4.13. The van der Waals surface area contributed by atoms with Crippen molar-refractivity contribution in [3.63, 3.8) is 0 Å². The third kappa shape index (κ3) is 3.96. The van der Waals surface area contributed by atoms with Crippen molar-refractivity contribution < 1.29 is 9.53 Å². The molecule has 1 atom stereocenters. The van der Waals surface area contributed by atoms with Gasteiger partial charge in [-0.3, -0.25) is 4.79 Å². The van der Waals surface area contributed by atoms with Gasteiger partial charge in [0.2, 0.25) is 5.91 Å². The molecule has 1 saturated heterocycles. The molecule has 1 aliphatic heterocycles. The Morgan fingerprint density at radius 2 is 1.75 bits per heavy atom. The number of hydrogen-bond donors (Lipinski definition) is 0. The van der Waals surface area contributed by atoms with Crippen LogP contribution in [0.3, 0.4) is 0 Å². The lowest BCUT2D eigenvalue weighted by Crippen LogP contribution is -2.24. The first-order chi connectivity index (χ1) is 15.6. The average Bonchev–Trinajstić information content (AvgIpc) is 3.36. The third-order valence-corrected chi connectivity index (χ3v) is 6.45. The van der Waals surface area contributed by atoms with Crippen molar-refractivity contribution in [1.29, 1.82) is 0 Å². The molecule has 0 saturated carbocycles. The van der Waals surface area contributed by atoms with Gasteiger partial charge in [-0.2, -0.15) is 0 Å². The maximum absolute atomic E-state index is 12.9. The second-order valence-electron chi connectivity index (χ2n) is 8.16. The minimum absolute atomic E-state index is 0.0376. The molecule has 4 aromatic rings. The Balaban J connectivity index is 1.44. The molecule has 1 amide bonds. The van der Waals surface area contributed by atoms with Gasteiger partial charge >= 0.3 is 0 Å². The molecular formula is C26H24ClN3O2. The second kappa shape index (κ2) is 8.67. The van der Waals surface area contributed by atoms with E-state index in [4.69, 9.17) is 21.3 Å². The molecule has 5 nitrogen and oxygen atoms in total. The zero-order valence-corrected chi connectivity index (χ0v) is 18.6. The minimum atomic E-state index is 0.0376. The highest BCUT2D eigenvalue weighted by Crippen LogP contribution is 2.32. The van der Waals surface area contributed by atoms with E-state index in [0.29, 0.717) is 26.1 Å². The fourth-order valence-electron chi connectivity index (χ4n) is 4.42. The number of imidazole rings is 1. The van der Waals surface area contributed by atoms with Crippen LogP contribution in [-0.4, -0.2) is 34.0 Å². The highest BCUT2D eigenvalue weighted by atomic mass is 35.5. The quantitative estimate of drug-likeness (QED) is 0.406. The van der Waals surface area contributed by atoms with E-state index in [-0.39, 0.29) is 11.8 Å². The Morgan fingerprint density at radius 3 is 2.53 bits per heavy atom. The molecule has 0 radical (unpaired) electrons. The molecule has 2 heterocycles. The molecule has 0 spiro atoms. The molecule has 162 valence electrons. The first-order valence-electron chi connectivity index (χ1n) is 10.7. The largest absolute Gasteiger partial charge is 0.497 e. The molecule has 0 aliphatic carbocycles. The van der Waals surface area contributed by atoms with E-state index in [0.717, 1.165) is 38.8 Å².